The number of nitrogens with zero attached hydrogens (tertiary/aromatic N) is 3. The summed E-state index contributed by atoms with van der Waals surface area (Å²) in [6, 6.07) is 12.4. The van der Waals surface area contributed by atoms with Crippen molar-refractivity contribution in [2.75, 3.05) is 31.7 Å². The number of imide groups is 2. The van der Waals surface area contributed by atoms with Gasteiger partial charge in [0.1, 0.15) is 6.04 Å². The van der Waals surface area contributed by atoms with E-state index in [0.717, 1.165) is 41.3 Å². The van der Waals surface area contributed by atoms with Gasteiger partial charge in [-0.25, -0.2) is 4.90 Å². The van der Waals surface area contributed by atoms with E-state index < -0.39 is 42.4 Å². The molecule has 0 spiro atoms. The van der Waals surface area contributed by atoms with Crippen LogP contribution in [-0.4, -0.2) is 82.6 Å². The molecule has 5 amide bonds. The molecule has 1 N–H and O–H groups in total. The quantitative estimate of drug-likeness (QED) is 0.365. The predicted molar refractivity (Wildman–Crippen MR) is 146 cm³/mol. The summed E-state index contributed by atoms with van der Waals surface area (Å²) in [6.45, 7) is 1.52. The first kappa shape index (κ1) is 28.2. The molecule has 3 heterocycles. The monoisotopic (exact) mass is 560 g/mol. The molecule has 0 aromatic heterocycles. The molecule has 2 aromatic carbocycles. The highest BCUT2D eigenvalue weighted by Crippen LogP contribution is 2.29. The molecule has 2 fully saturated rings. The first-order valence-electron chi connectivity index (χ1n) is 13.9. The van der Waals surface area contributed by atoms with Gasteiger partial charge in [0.25, 0.3) is 17.7 Å². The third-order valence-electron chi connectivity index (χ3n) is 7.68. The molecule has 0 bridgehead atoms. The summed E-state index contributed by atoms with van der Waals surface area (Å²) < 4.78 is 5.25. The number of nitrogens with one attached hydrogen (secondary N) is 1. The fourth-order valence-electron chi connectivity index (χ4n) is 5.50. The summed E-state index contributed by atoms with van der Waals surface area (Å²) in [6.07, 6.45) is 3.52. The number of fused-ring (bicyclic) bond motifs is 1. The minimum Gasteiger partial charge on any atom is -0.444 e. The number of esters is 1. The third-order valence-corrected chi connectivity index (χ3v) is 7.68. The van der Waals surface area contributed by atoms with E-state index in [-0.39, 0.29) is 42.7 Å². The minimum absolute atomic E-state index is 0.00778. The van der Waals surface area contributed by atoms with E-state index in [9.17, 15) is 28.8 Å². The highest BCUT2D eigenvalue weighted by molar-refractivity contribution is 6.23. The number of likely N-dealkylation sites (tertiary alicyclic amines) is 2. The van der Waals surface area contributed by atoms with Crippen LogP contribution in [0.3, 0.4) is 0 Å². The number of amides is 5. The van der Waals surface area contributed by atoms with Gasteiger partial charge >= 0.3 is 5.97 Å². The summed E-state index contributed by atoms with van der Waals surface area (Å²) >= 11 is 0. The van der Waals surface area contributed by atoms with E-state index in [1.807, 2.05) is 12.1 Å². The summed E-state index contributed by atoms with van der Waals surface area (Å²) in [7, 11) is 0. The van der Waals surface area contributed by atoms with Crippen LogP contribution in [0.25, 0.3) is 0 Å². The lowest BCUT2D eigenvalue weighted by Crippen LogP contribution is -2.56. The van der Waals surface area contributed by atoms with E-state index in [0.29, 0.717) is 12.2 Å². The van der Waals surface area contributed by atoms with E-state index in [1.54, 1.807) is 24.3 Å². The first-order valence-corrected chi connectivity index (χ1v) is 13.9. The van der Waals surface area contributed by atoms with Crippen LogP contribution in [0.2, 0.25) is 0 Å². The molecule has 5 rings (SSSR count). The molecule has 3 aliphatic heterocycles. The number of anilines is 1. The molecule has 2 saturated heterocycles. The summed E-state index contributed by atoms with van der Waals surface area (Å²) in [5.41, 5.74) is 1.80. The van der Waals surface area contributed by atoms with E-state index in [2.05, 4.69) is 10.2 Å². The van der Waals surface area contributed by atoms with Gasteiger partial charge in [0, 0.05) is 18.5 Å². The summed E-state index contributed by atoms with van der Waals surface area (Å²) in [5, 5.41) is 2.93. The standard InChI is InChI=1S/C30H32N4O7/c35-25(18-32-16-6-1-7-17-32)31-23-11-5-2-8-20(23)12-15-27(37)41-19-33-26(36)14-13-24(30(33)40)34-28(38)21-9-3-4-10-22(21)29(34)39/h2-5,8-11,24H,1,6-7,12-19H2,(H,31,35). The number of hydrogen-bond acceptors (Lipinski definition) is 8. The van der Waals surface area contributed by atoms with Crippen molar-refractivity contribution < 1.29 is 33.5 Å². The van der Waals surface area contributed by atoms with Crippen molar-refractivity contribution in [2.45, 2.75) is 51.0 Å². The molecule has 41 heavy (non-hydrogen) atoms. The number of benzene rings is 2. The van der Waals surface area contributed by atoms with Crippen molar-refractivity contribution in [3.05, 3.63) is 65.2 Å². The first-order chi connectivity index (χ1) is 19.8. The van der Waals surface area contributed by atoms with Gasteiger partial charge in [0.2, 0.25) is 11.8 Å². The van der Waals surface area contributed by atoms with Crippen LogP contribution in [0.15, 0.2) is 48.5 Å². The van der Waals surface area contributed by atoms with Gasteiger partial charge in [0.05, 0.1) is 17.7 Å². The molecular formula is C30H32N4O7. The van der Waals surface area contributed by atoms with Gasteiger partial charge in [-0.2, -0.15) is 0 Å². The second-order valence-electron chi connectivity index (χ2n) is 10.4. The minimum atomic E-state index is -1.15. The van der Waals surface area contributed by atoms with Gasteiger partial charge in [-0.15, -0.1) is 0 Å². The second-order valence-corrected chi connectivity index (χ2v) is 10.4. The Balaban J connectivity index is 1.14. The Hall–Kier alpha value is -4.38. The van der Waals surface area contributed by atoms with E-state index in [4.69, 9.17) is 4.74 Å². The van der Waals surface area contributed by atoms with Crippen LogP contribution in [0, 0.1) is 0 Å². The summed E-state index contributed by atoms with van der Waals surface area (Å²) in [4.78, 5) is 80.3. The predicted octanol–water partition coefficient (Wildman–Crippen LogP) is 2.36. The Bertz CT molecular complexity index is 1350. The van der Waals surface area contributed by atoms with Crippen LogP contribution in [0.5, 0.6) is 0 Å². The number of hydrogen-bond donors (Lipinski definition) is 1. The van der Waals surface area contributed by atoms with E-state index >= 15 is 0 Å². The molecule has 0 saturated carbocycles. The fraction of sp³-hybridized carbons (Fsp3) is 0.400. The van der Waals surface area contributed by atoms with Crippen LogP contribution >= 0.6 is 0 Å². The van der Waals surface area contributed by atoms with Crippen LogP contribution in [-0.2, 0) is 30.3 Å². The maximum absolute atomic E-state index is 13.2. The fourth-order valence-corrected chi connectivity index (χ4v) is 5.50. The van der Waals surface area contributed by atoms with Crippen molar-refractivity contribution in [2.24, 2.45) is 0 Å². The number of para-hydroxylation sites is 1. The van der Waals surface area contributed by atoms with Crippen molar-refractivity contribution >= 4 is 41.2 Å². The molecule has 11 heteroatoms. The Morgan fingerprint density at radius 2 is 1.54 bits per heavy atom. The second kappa shape index (κ2) is 12.4. The topological polar surface area (TPSA) is 133 Å². The highest BCUT2D eigenvalue weighted by Gasteiger charge is 2.47. The van der Waals surface area contributed by atoms with Gasteiger partial charge < -0.3 is 10.1 Å². The number of rotatable bonds is 9. The maximum Gasteiger partial charge on any atom is 0.307 e. The zero-order valence-corrected chi connectivity index (χ0v) is 22.7. The lowest BCUT2D eigenvalue weighted by atomic mass is 10.0. The highest BCUT2D eigenvalue weighted by atomic mass is 16.5. The molecular weight excluding hydrogens is 528 g/mol. The van der Waals surface area contributed by atoms with Crippen molar-refractivity contribution in [1.29, 1.82) is 0 Å². The van der Waals surface area contributed by atoms with E-state index in [1.165, 1.54) is 18.6 Å². The number of piperidine rings is 2. The van der Waals surface area contributed by atoms with Crippen molar-refractivity contribution in [3.8, 4) is 0 Å². The van der Waals surface area contributed by atoms with Crippen LogP contribution < -0.4 is 5.32 Å². The zero-order valence-electron chi connectivity index (χ0n) is 22.7. The molecule has 0 radical (unpaired) electrons. The molecule has 1 atom stereocenters. The average molecular weight is 561 g/mol. The molecule has 0 aliphatic carbocycles. The van der Waals surface area contributed by atoms with Gasteiger partial charge in [-0.3, -0.25) is 38.6 Å². The molecule has 1 unspecified atom stereocenters. The van der Waals surface area contributed by atoms with Crippen molar-refractivity contribution in [1.82, 2.24) is 14.7 Å². The van der Waals surface area contributed by atoms with Crippen LogP contribution in [0.4, 0.5) is 5.69 Å². The number of ether oxygens (including phenoxy) is 1. The lowest BCUT2D eigenvalue weighted by Gasteiger charge is -2.34. The number of carbonyl (C=O) groups excluding carboxylic acids is 6. The molecule has 2 aromatic rings. The SMILES string of the molecule is O=C(CN1CCCCC1)Nc1ccccc1CCC(=O)OCN1C(=O)CCC(N2C(=O)c3ccccc3C2=O)C1=O. The van der Waals surface area contributed by atoms with Gasteiger partial charge in [-0.05, 0) is 62.5 Å². The maximum atomic E-state index is 13.2. The Kier molecular flexibility index (Phi) is 8.53. The Labute approximate surface area is 237 Å². The van der Waals surface area contributed by atoms with Crippen molar-refractivity contribution in [3.63, 3.8) is 0 Å². The normalized spacial score (nSPS) is 19.4. The van der Waals surface area contributed by atoms with Crippen LogP contribution in [0.1, 0.15) is 64.8 Å². The largest absolute Gasteiger partial charge is 0.444 e. The molecule has 214 valence electrons. The summed E-state index contributed by atoms with van der Waals surface area (Å²) in [5.74, 6) is -3.23. The number of carbonyl (C=O) groups is 6. The number of aryl methyl sites for hydroxylation is 1. The lowest BCUT2D eigenvalue weighted by molar-refractivity contribution is -0.163. The van der Waals surface area contributed by atoms with Gasteiger partial charge in [-0.1, -0.05) is 36.8 Å². The zero-order chi connectivity index (χ0) is 28.9. The third kappa shape index (κ3) is 6.19. The Morgan fingerprint density at radius 3 is 2.24 bits per heavy atom. The van der Waals surface area contributed by atoms with Gasteiger partial charge in [0.15, 0.2) is 6.73 Å². The molecule has 11 nitrogen and oxygen atoms in total. The smallest absolute Gasteiger partial charge is 0.307 e. The average Bonchev–Trinajstić information content (AvgIpc) is 3.22. The molecule has 3 aliphatic rings. The Morgan fingerprint density at radius 1 is 0.878 bits per heavy atom.